The van der Waals surface area contributed by atoms with Crippen LogP contribution in [0.5, 0.6) is 0 Å². The van der Waals surface area contributed by atoms with Crippen LogP contribution in [0.25, 0.3) is 0 Å². The van der Waals surface area contributed by atoms with Gasteiger partial charge in [-0.1, -0.05) is 13.0 Å². The Bertz CT molecular complexity index is 392. The van der Waals surface area contributed by atoms with Gasteiger partial charge in [-0.05, 0) is 43.7 Å². The Labute approximate surface area is 115 Å². The quantitative estimate of drug-likeness (QED) is 0.900. The normalized spacial score (nSPS) is 20.2. The zero-order valence-electron chi connectivity index (χ0n) is 11.7. The van der Waals surface area contributed by atoms with E-state index in [2.05, 4.69) is 60.9 Å². The Morgan fingerprint density at radius 1 is 1.44 bits per heavy atom. The number of nitrogens with one attached hydrogen (secondary N) is 1. The van der Waals surface area contributed by atoms with E-state index in [-0.39, 0.29) is 0 Å². The highest BCUT2D eigenvalue weighted by Crippen LogP contribution is 2.25. The zero-order valence-corrected chi connectivity index (χ0v) is 12.5. The maximum Gasteiger partial charge on any atom is 0.0372 e. The first kappa shape index (κ1) is 13.8. The van der Waals surface area contributed by atoms with Gasteiger partial charge in [0.1, 0.15) is 0 Å². The molecule has 0 saturated carbocycles. The van der Waals surface area contributed by atoms with Crippen molar-refractivity contribution in [3.05, 3.63) is 29.3 Å². The molecule has 0 aromatic heterocycles. The molecule has 0 radical (unpaired) electrons. The Morgan fingerprint density at radius 2 is 2.28 bits per heavy atom. The summed E-state index contributed by atoms with van der Waals surface area (Å²) < 4.78 is 0. The molecule has 100 valence electrons. The summed E-state index contributed by atoms with van der Waals surface area (Å²) in [5, 5.41) is 3.40. The molecule has 0 bridgehead atoms. The maximum atomic E-state index is 3.40. The standard InChI is InChI=1S/C15H24N2S/c1-4-16-10-14-5-6-15(9-12(14)2)17-7-8-18-11-13(17)3/h5-6,9,13,16H,4,7-8,10-11H2,1-3H3. The summed E-state index contributed by atoms with van der Waals surface area (Å²) in [7, 11) is 0. The fourth-order valence-electron chi connectivity index (χ4n) is 2.43. The molecule has 1 heterocycles. The van der Waals surface area contributed by atoms with Crippen molar-refractivity contribution in [2.45, 2.75) is 33.4 Å². The molecule has 1 unspecified atom stereocenters. The molecule has 1 fully saturated rings. The van der Waals surface area contributed by atoms with Crippen molar-refractivity contribution in [1.29, 1.82) is 0 Å². The van der Waals surface area contributed by atoms with E-state index >= 15 is 0 Å². The first-order valence-corrected chi connectivity index (χ1v) is 8.02. The van der Waals surface area contributed by atoms with Gasteiger partial charge in [0, 0.05) is 36.3 Å². The molecule has 0 amide bonds. The lowest BCUT2D eigenvalue weighted by Gasteiger charge is -2.35. The molecular formula is C15H24N2S. The predicted octanol–water partition coefficient (Wildman–Crippen LogP) is 3.05. The van der Waals surface area contributed by atoms with Crippen molar-refractivity contribution < 1.29 is 0 Å². The third kappa shape index (κ3) is 3.21. The smallest absolute Gasteiger partial charge is 0.0372 e. The molecule has 1 aliphatic heterocycles. The second-order valence-corrected chi connectivity index (χ2v) is 6.16. The SMILES string of the molecule is CCNCc1ccc(N2CCSCC2C)cc1C. The summed E-state index contributed by atoms with van der Waals surface area (Å²) in [6.45, 7) is 9.89. The topological polar surface area (TPSA) is 15.3 Å². The van der Waals surface area contributed by atoms with E-state index < -0.39 is 0 Å². The number of nitrogens with zero attached hydrogens (tertiary/aromatic N) is 1. The van der Waals surface area contributed by atoms with E-state index in [9.17, 15) is 0 Å². The van der Waals surface area contributed by atoms with Crippen molar-refractivity contribution in [3.8, 4) is 0 Å². The van der Waals surface area contributed by atoms with E-state index in [0.717, 1.165) is 13.1 Å². The van der Waals surface area contributed by atoms with Crippen LogP contribution in [0, 0.1) is 6.92 Å². The van der Waals surface area contributed by atoms with Crippen molar-refractivity contribution in [1.82, 2.24) is 5.32 Å². The second-order valence-electron chi connectivity index (χ2n) is 5.01. The average Bonchev–Trinajstić information content (AvgIpc) is 2.38. The lowest BCUT2D eigenvalue weighted by molar-refractivity contribution is 0.697. The minimum atomic E-state index is 0.655. The number of rotatable bonds is 4. The van der Waals surface area contributed by atoms with E-state index in [0.29, 0.717) is 6.04 Å². The van der Waals surface area contributed by atoms with Gasteiger partial charge in [0.25, 0.3) is 0 Å². The fraction of sp³-hybridized carbons (Fsp3) is 0.600. The van der Waals surface area contributed by atoms with Crippen LogP contribution in [0.1, 0.15) is 25.0 Å². The molecule has 2 rings (SSSR count). The highest BCUT2D eigenvalue weighted by atomic mass is 32.2. The number of benzene rings is 1. The summed E-state index contributed by atoms with van der Waals surface area (Å²) >= 11 is 2.07. The van der Waals surface area contributed by atoms with Crippen molar-refractivity contribution in [2.24, 2.45) is 0 Å². The highest BCUT2D eigenvalue weighted by molar-refractivity contribution is 7.99. The fourth-order valence-corrected chi connectivity index (χ4v) is 3.44. The highest BCUT2D eigenvalue weighted by Gasteiger charge is 2.19. The lowest BCUT2D eigenvalue weighted by atomic mass is 10.1. The van der Waals surface area contributed by atoms with Gasteiger partial charge >= 0.3 is 0 Å². The third-order valence-corrected chi connectivity index (χ3v) is 4.78. The lowest BCUT2D eigenvalue weighted by Crippen LogP contribution is -2.40. The molecule has 1 atom stereocenters. The third-order valence-electron chi connectivity index (χ3n) is 3.59. The summed E-state index contributed by atoms with van der Waals surface area (Å²) in [6, 6.07) is 7.57. The van der Waals surface area contributed by atoms with Crippen LogP contribution in [0.15, 0.2) is 18.2 Å². The van der Waals surface area contributed by atoms with Gasteiger partial charge in [-0.3, -0.25) is 0 Å². The van der Waals surface area contributed by atoms with Gasteiger partial charge in [0.05, 0.1) is 0 Å². The van der Waals surface area contributed by atoms with Gasteiger partial charge in [-0.25, -0.2) is 0 Å². The monoisotopic (exact) mass is 264 g/mol. The van der Waals surface area contributed by atoms with Crippen LogP contribution in [0.3, 0.4) is 0 Å². The van der Waals surface area contributed by atoms with Crippen LogP contribution in [-0.2, 0) is 6.54 Å². The van der Waals surface area contributed by atoms with E-state index in [1.54, 1.807) is 0 Å². The van der Waals surface area contributed by atoms with Crippen LogP contribution in [0.4, 0.5) is 5.69 Å². The number of hydrogen-bond donors (Lipinski definition) is 1. The molecule has 18 heavy (non-hydrogen) atoms. The van der Waals surface area contributed by atoms with Crippen molar-refractivity contribution in [3.63, 3.8) is 0 Å². The zero-order chi connectivity index (χ0) is 13.0. The Kier molecular flexibility index (Phi) is 4.95. The molecule has 0 spiro atoms. The molecule has 2 nitrogen and oxygen atoms in total. The van der Waals surface area contributed by atoms with Crippen LogP contribution < -0.4 is 10.2 Å². The largest absolute Gasteiger partial charge is 0.367 e. The number of anilines is 1. The molecule has 1 aliphatic rings. The number of thioether (sulfide) groups is 1. The van der Waals surface area contributed by atoms with Crippen molar-refractivity contribution in [2.75, 3.05) is 29.5 Å². The van der Waals surface area contributed by atoms with Crippen molar-refractivity contribution >= 4 is 17.4 Å². The van der Waals surface area contributed by atoms with E-state index in [1.807, 2.05) is 0 Å². The van der Waals surface area contributed by atoms with Crippen LogP contribution in [0.2, 0.25) is 0 Å². The first-order valence-electron chi connectivity index (χ1n) is 6.87. The van der Waals surface area contributed by atoms with Crippen LogP contribution in [-0.4, -0.2) is 30.6 Å². The summed E-state index contributed by atoms with van der Waals surface area (Å²) in [5.74, 6) is 2.50. The number of hydrogen-bond acceptors (Lipinski definition) is 3. The number of aryl methyl sites for hydroxylation is 1. The molecule has 1 N–H and O–H groups in total. The summed E-state index contributed by atoms with van der Waals surface area (Å²) in [6.07, 6.45) is 0. The minimum absolute atomic E-state index is 0.655. The Hall–Kier alpha value is -0.670. The van der Waals surface area contributed by atoms with Gasteiger partial charge in [0.15, 0.2) is 0 Å². The van der Waals surface area contributed by atoms with Gasteiger partial charge in [-0.2, -0.15) is 11.8 Å². The molecule has 1 saturated heterocycles. The molecule has 3 heteroatoms. The minimum Gasteiger partial charge on any atom is -0.367 e. The molecule has 1 aromatic carbocycles. The van der Waals surface area contributed by atoms with E-state index in [4.69, 9.17) is 0 Å². The summed E-state index contributed by atoms with van der Waals surface area (Å²) in [5.41, 5.74) is 4.21. The molecular weight excluding hydrogens is 240 g/mol. The predicted molar refractivity (Wildman–Crippen MR) is 82.7 cm³/mol. The molecule has 0 aliphatic carbocycles. The van der Waals surface area contributed by atoms with Gasteiger partial charge in [-0.15, -0.1) is 0 Å². The van der Waals surface area contributed by atoms with E-state index in [1.165, 1.54) is 34.9 Å². The molecule has 1 aromatic rings. The second kappa shape index (κ2) is 6.48. The Balaban J connectivity index is 2.12. The summed E-state index contributed by atoms with van der Waals surface area (Å²) in [4.78, 5) is 2.54. The average molecular weight is 264 g/mol. The maximum absolute atomic E-state index is 3.40. The van der Waals surface area contributed by atoms with Gasteiger partial charge < -0.3 is 10.2 Å². The Morgan fingerprint density at radius 3 is 2.94 bits per heavy atom. The van der Waals surface area contributed by atoms with Crippen LogP contribution >= 0.6 is 11.8 Å². The van der Waals surface area contributed by atoms with Gasteiger partial charge in [0.2, 0.25) is 0 Å². The first-order chi connectivity index (χ1) is 8.72.